The van der Waals surface area contributed by atoms with Gasteiger partial charge in [-0.3, -0.25) is 0 Å². The predicted molar refractivity (Wildman–Crippen MR) is 74.3 cm³/mol. The van der Waals surface area contributed by atoms with Crippen molar-refractivity contribution >= 4 is 0 Å². The molecule has 0 amide bonds. The van der Waals surface area contributed by atoms with E-state index >= 15 is 0 Å². The molecule has 1 saturated carbocycles. The highest BCUT2D eigenvalue weighted by Crippen LogP contribution is 2.28. The summed E-state index contributed by atoms with van der Waals surface area (Å²) in [5.74, 6) is 0.927. The zero-order valence-electron chi connectivity index (χ0n) is 11.5. The lowest BCUT2D eigenvalue weighted by Crippen LogP contribution is -2.14. The van der Waals surface area contributed by atoms with Crippen molar-refractivity contribution in [2.24, 2.45) is 5.73 Å². The van der Waals surface area contributed by atoms with Gasteiger partial charge < -0.3 is 19.9 Å². The molecule has 0 bridgehead atoms. The molecule has 4 nitrogen and oxygen atoms in total. The number of benzene rings is 1. The topological polar surface area (TPSA) is 53.7 Å². The van der Waals surface area contributed by atoms with Crippen molar-refractivity contribution in [3.8, 4) is 5.75 Å². The average Bonchev–Trinajstić information content (AvgIpc) is 3.22. The van der Waals surface area contributed by atoms with Gasteiger partial charge in [0.15, 0.2) is 0 Å². The van der Waals surface area contributed by atoms with Crippen LogP contribution in [-0.4, -0.2) is 33.0 Å². The molecule has 2 N–H and O–H groups in total. The van der Waals surface area contributed by atoms with Crippen LogP contribution in [0.2, 0.25) is 0 Å². The highest BCUT2D eigenvalue weighted by atomic mass is 16.5. The van der Waals surface area contributed by atoms with E-state index in [4.69, 9.17) is 19.9 Å². The summed E-state index contributed by atoms with van der Waals surface area (Å²) >= 11 is 0. The molecule has 1 atom stereocenters. The van der Waals surface area contributed by atoms with Gasteiger partial charge >= 0.3 is 0 Å². The molecule has 1 aromatic rings. The highest BCUT2D eigenvalue weighted by molar-refractivity contribution is 5.30. The third-order valence-electron chi connectivity index (χ3n) is 3.12. The van der Waals surface area contributed by atoms with Crippen LogP contribution >= 0.6 is 0 Å². The SMILES string of the molecule is COCCOCCC(N)c1cccc(OC2CC2)c1. The van der Waals surface area contributed by atoms with Crippen LogP contribution in [0.3, 0.4) is 0 Å². The van der Waals surface area contributed by atoms with Gasteiger partial charge in [-0.05, 0) is 37.0 Å². The summed E-state index contributed by atoms with van der Waals surface area (Å²) in [6.07, 6.45) is 3.56. The van der Waals surface area contributed by atoms with Crippen molar-refractivity contribution in [3.63, 3.8) is 0 Å². The lowest BCUT2D eigenvalue weighted by atomic mass is 10.1. The van der Waals surface area contributed by atoms with Gasteiger partial charge in [-0.15, -0.1) is 0 Å². The fourth-order valence-corrected chi connectivity index (χ4v) is 1.82. The summed E-state index contributed by atoms with van der Waals surface area (Å²) in [4.78, 5) is 0. The molecule has 1 aromatic carbocycles. The van der Waals surface area contributed by atoms with Crippen LogP contribution in [0.5, 0.6) is 5.75 Å². The second-order valence-corrected chi connectivity index (χ2v) is 4.89. The second-order valence-electron chi connectivity index (χ2n) is 4.89. The van der Waals surface area contributed by atoms with E-state index in [2.05, 4.69) is 0 Å². The van der Waals surface area contributed by atoms with E-state index in [-0.39, 0.29) is 6.04 Å². The Kier molecular flexibility index (Phi) is 5.63. The maximum absolute atomic E-state index is 6.16. The molecule has 0 radical (unpaired) electrons. The van der Waals surface area contributed by atoms with Gasteiger partial charge in [0.1, 0.15) is 5.75 Å². The molecule has 2 rings (SSSR count). The van der Waals surface area contributed by atoms with Crippen LogP contribution in [0.1, 0.15) is 30.9 Å². The molecular weight excluding hydrogens is 242 g/mol. The van der Waals surface area contributed by atoms with Crippen molar-refractivity contribution in [2.45, 2.75) is 31.4 Å². The molecule has 0 aromatic heterocycles. The van der Waals surface area contributed by atoms with Gasteiger partial charge in [-0.2, -0.15) is 0 Å². The molecular formula is C15H23NO3. The Hall–Kier alpha value is -1.10. The van der Waals surface area contributed by atoms with Crippen molar-refractivity contribution in [1.82, 2.24) is 0 Å². The molecule has 0 heterocycles. The first-order chi connectivity index (χ1) is 9.29. The number of ether oxygens (including phenoxy) is 3. The fourth-order valence-electron chi connectivity index (χ4n) is 1.82. The normalized spacial score (nSPS) is 16.3. The van der Waals surface area contributed by atoms with Crippen molar-refractivity contribution in [3.05, 3.63) is 29.8 Å². The zero-order valence-corrected chi connectivity index (χ0v) is 11.5. The Morgan fingerprint density at radius 1 is 1.26 bits per heavy atom. The summed E-state index contributed by atoms with van der Waals surface area (Å²) < 4.78 is 16.1. The van der Waals surface area contributed by atoms with E-state index in [1.165, 1.54) is 12.8 Å². The van der Waals surface area contributed by atoms with Crippen LogP contribution in [-0.2, 0) is 9.47 Å². The summed E-state index contributed by atoms with van der Waals surface area (Å²) in [5.41, 5.74) is 7.26. The monoisotopic (exact) mass is 265 g/mol. The van der Waals surface area contributed by atoms with Crippen LogP contribution in [0.25, 0.3) is 0 Å². The molecule has 106 valence electrons. The van der Waals surface area contributed by atoms with E-state index < -0.39 is 0 Å². The standard InChI is InChI=1S/C15H23NO3/c1-17-9-10-18-8-7-15(16)12-3-2-4-14(11-12)19-13-5-6-13/h2-4,11,13,15H,5-10,16H2,1H3. The number of nitrogens with two attached hydrogens (primary N) is 1. The molecule has 1 fully saturated rings. The number of hydrogen-bond donors (Lipinski definition) is 1. The van der Waals surface area contributed by atoms with Crippen molar-refractivity contribution in [1.29, 1.82) is 0 Å². The van der Waals surface area contributed by atoms with Gasteiger partial charge in [0.2, 0.25) is 0 Å². The Morgan fingerprint density at radius 2 is 2.11 bits per heavy atom. The van der Waals surface area contributed by atoms with Gasteiger partial charge in [-0.25, -0.2) is 0 Å². The van der Waals surface area contributed by atoms with Gasteiger partial charge in [0.25, 0.3) is 0 Å². The lowest BCUT2D eigenvalue weighted by molar-refractivity contribution is 0.0672. The van der Waals surface area contributed by atoms with E-state index in [1.54, 1.807) is 7.11 Å². The van der Waals surface area contributed by atoms with Gasteiger partial charge in [0, 0.05) is 19.8 Å². The third-order valence-corrected chi connectivity index (χ3v) is 3.12. The van der Waals surface area contributed by atoms with Crippen LogP contribution in [0.15, 0.2) is 24.3 Å². The molecule has 0 saturated heterocycles. The minimum Gasteiger partial charge on any atom is -0.490 e. The maximum Gasteiger partial charge on any atom is 0.120 e. The Bertz CT molecular complexity index is 379. The predicted octanol–water partition coefficient (Wildman–Crippen LogP) is 2.28. The van der Waals surface area contributed by atoms with Crippen LogP contribution in [0.4, 0.5) is 0 Å². The number of hydrogen-bond acceptors (Lipinski definition) is 4. The van der Waals surface area contributed by atoms with Gasteiger partial charge in [0.05, 0.1) is 19.3 Å². The minimum absolute atomic E-state index is 0.00898. The number of methoxy groups -OCH3 is 1. The fraction of sp³-hybridized carbons (Fsp3) is 0.600. The molecule has 1 aliphatic carbocycles. The summed E-state index contributed by atoms with van der Waals surface area (Å²) in [6.45, 7) is 1.90. The molecule has 1 aliphatic rings. The van der Waals surface area contributed by atoms with Crippen LogP contribution < -0.4 is 10.5 Å². The highest BCUT2D eigenvalue weighted by Gasteiger charge is 2.23. The Balaban J connectivity index is 1.75. The number of rotatable bonds is 9. The van der Waals surface area contributed by atoms with E-state index in [0.717, 1.165) is 17.7 Å². The Labute approximate surface area is 114 Å². The summed E-state index contributed by atoms with van der Waals surface area (Å²) in [6, 6.07) is 8.06. The lowest BCUT2D eigenvalue weighted by Gasteiger charge is -2.14. The smallest absolute Gasteiger partial charge is 0.120 e. The van der Waals surface area contributed by atoms with E-state index in [0.29, 0.717) is 25.9 Å². The minimum atomic E-state index is -0.00898. The van der Waals surface area contributed by atoms with Crippen LogP contribution in [0, 0.1) is 0 Å². The molecule has 1 unspecified atom stereocenters. The van der Waals surface area contributed by atoms with Crippen molar-refractivity contribution in [2.75, 3.05) is 26.9 Å². The molecule has 19 heavy (non-hydrogen) atoms. The zero-order chi connectivity index (χ0) is 13.5. The largest absolute Gasteiger partial charge is 0.490 e. The molecule has 0 spiro atoms. The third kappa shape index (κ3) is 5.19. The van der Waals surface area contributed by atoms with E-state index in [9.17, 15) is 0 Å². The van der Waals surface area contributed by atoms with Gasteiger partial charge in [-0.1, -0.05) is 12.1 Å². The molecule has 0 aliphatic heterocycles. The summed E-state index contributed by atoms with van der Waals surface area (Å²) in [7, 11) is 1.67. The Morgan fingerprint density at radius 3 is 2.84 bits per heavy atom. The van der Waals surface area contributed by atoms with Crippen molar-refractivity contribution < 1.29 is 14.2 Å². The maximum atomic E-state index is 6.16. The average molecular weight is 265 g/mol. The first-order valence-electron chi connectivity index (χ1n) is 6.88. The summed E-state index contributed by atoms with van der Waals surface area (Å²) in [5, 5.41) is 0. The quantitative estimate of drug-likeness (QED) is 0.696. The molecule has 4 heteroatoms. The first-order valence-corrected chi connectivity index (χ1v) is 6.88. The first kappa shape index (κ1) is 14.3. The second kappa shape index (κ2) is 7.48. The van der Waals surface area contributed by atoms with E-state index in [1.807, 2.05) is 24.3 Å².